The Bertz CT molecular complexity index is 815. The first kappa shape index (κ1) is 21.5. The molecule has 0 aliphatic rings. The highest BCUT2D eigenvalue weighted by Gasteiger charge is 2.27. The molecular weight excluding hydrogens is 413 g/mol. The highest BCUT2D eigenvalue weighted by molar-refractivity contribution is 7.99. The summed E-state index contributed by atoms with van der Waals surface area (Å²) in [6.45, 7) is 0. The van der Waals surface area contributed by atoms with Crippen LogP contribution in [-0.2, 0) is 11.2 Å². The third kappa shape index (κ3) is 7.74. The number of thiazole rings is 1. The zero-order valence-corrected chi connectivity index (χ0v) is 16.8. The van der Waals surface area contributed by atoms with Crippen LogP contribution in [0.2, 0.25) is 0 Å². The van der Waals surface area contributed by atoms with Crippen molar-refractivity contribution in [2.75, 3.05) is 18.1 Å². The van der Waals surface area contributed by atoms with Gasteiger partial charge in [-0.2, -0.15) is 13.2 Å². The Morgan fingerprint density at radius 2 is 1.93 bits per heavy atom. The van der Waals surface area contributed by atoms with Crippen LogP contribution in [-0.4, -0.2) is 30.2 Å². The highest BCUT2D eigenvalue weighted by Crippen LogP contribution is 2.28. The van der Waals surface area contributed by atoms with E-state index in [-0.39, 0.29) is 0 Å². The summed E-state index contributed by atoms with van der Waals surface area (Å²) in [5, 5.41) is 8.12. The Morgan fingerprint density at radius 1 is 1.19 bits per heavy atom. The molecule has 0 aliphatic heterocycles. The maximum absolute atomic E-state index is 11.9. The van der Waals surface area contributed by atoms with Crippen molar-refractivity contribution in [3.05, 3.63) is 52.7 Å². The first-order valence-corrected chi connectivity index (χ1v) is 10.5. The Hall–Kier alpha value is -1.84. The van der Waals surface area contributed by atoms with Crippen molar-refractivity contribution in [3.63, 3.8) is 0 Å². The van der Waals surface area contributed by atoms with E-state index >= 15 is 0 Å². The fourth-order valence-corrected chi connectivity index (χ4v) is 4.00. The predicted octanol–water partition coefficient (Wildman–Crippen LogP) is 6.00. The molecule has 1 aromatic carbocycles. The molecule has 0 spiro atoms. The summed E-state index contributed by atoms with van der Waals surface area (Å²) in [5.41, 5.74) is 1.88. The number of hydrogen-bond donors (Lipinski definition) is 1. The lowest BCUT2D eigenvalue weighted by Gasteiger charge is -2.05. The number of nitrogens with one attached hydrogen (secondary N) is 1. The molecule has 0 amide bonds. The largest absolute Gasteiger partial charge is 0.398 e. The number of thioether (sulfide) groups is 1. The lowest BCUT2D eigenvalue weighted by molar-refractivity contribution is -0.107. The zero-order valence-electron chi connectivity index (χ0n) is 14.3. The van der Waals surface area contributed by atoms with E-state index in [9.17, 15) is 18.0 Å². The normalized spacial score (nSPS) is 10.8. The van der Waals surface area contributed by atoms with Crippen molar-refractivity contribution < 1.29 is 18.0 Å². The summed E-state index contributed by atoms with van der Waals surface area (Å²) in [6, 6.07) is 10.6. The Kier molecular flexibility index (Phi) is 8.33. The summed E-state index contributed by atoms with van der Waals surface area (Å²) < 4.78 is 35.6. The maximum atomic E-state index is 11.9. The van der Waals surface area contributed by atoms with E-state index in [0.29, 0.717) is 11.3 Å². The molecule has 3 aromatic rings. The molecule has 0 radical (unpaired) electrons. The third-order valence-corrected chi connectivity index (χ3v) is 5.97. The van der Waals surface area contributed by atoms with Crippen molar-refractivity contribution >= 4 is 45.9 Å². The SMILES string of the molecule is CNc1nc(-c2cccs2)cs1.O=CCc1ccc(SCC(F)(F)F)cc1. The fourth-order valence-electron chi connectivity index (χ4n) is 1.91. The quantitative estimate of drug-likeness (QED) is 0.385. The number of carbonyl (C=O) groups is 1. The number of alkyl halides is 3. The molecule has 9 heteroatoms. The van der Waals surface area contributed by atoms with Crippen LogP contribution in [0.15, 0.2) is 52.1 Å². The van der Waals surface area contributed by atoms with Gasteiger partial charge in [0.2, 0.25) is 0 Å². The van der Waals surface area contributed by atoms with Gasteiger partial charge in [0.15, 0.2) is 5.13 Å². The maximum Gasteiger partial charge on any atom is 0.398 e. The van der Waals surface area contributed by atoms with Gasteiger partial charge in [-0.1, -0.05) is 18.2 Å². The van der Waals surface area contributed by atoms with E-state index in [2.05, 4.69) is 27.1 Å². The Labute approximate surface area is 167 Å². The van der Waals surface area contributed by atoms with Gasteiger partial charge >= 0.3 is 6.18 Å². The van der Waals surface area contributed by atoms with Gasteiger partial charge in [0.05, 0.1) is 16.3 Å². The van der Waals surface area contributed by atoms with Gasteiger partial charge in [-0.05, 0) is 29.1 Å². The van der Waals surface area contributed by atoms with Gasteiger partial charge in [-0.3, -0.25) is 0 Å². The molecule has 0 fully saturated rings. The van der Waals surface area contributed by atoms with Crippen LogP contribution >= 0.6 is 34.4 Å². The zero-order chi connectivity index (χ0) is 19.7. The summed E-state index contributed by atoms with van der Waals surface area (Å²) in [6.07, 6.45) is -3.09. The van der Waals surface area contributed by atoms with Crippen molar-refractivity contribution in [2.24, 2.45) is 0 Å². The topological polar surface area (TPSA) is 42.0 Å². The van der Waals surface area contributed by atoms with E-state index in [1.807, 2.05) is 13.1 Å². The van der Waals surface area contributed by atoms with Crippen LogP contribution in [0.4, 0.5) is 18.3 Å². The van der Waals surface area contributed by atoms with Gasteiger partial charge in [-0.25, -0.2) is 4.98 Å². The van der Waals surface area contributed by atoms with Crippen molar-refractivity contribution in [3.8, 4) is 10.6 Å². The summed E-state index contributed by atoms with van der Waals surface area (Å²) >= 11 is 4.09. The summed E-state index contributed by atoms with van der Waals surface area (Å²) in [5.74, 6) is -0.889. The first-order valence-electron chi connectivity index (χ1n) is 7.80. The van der Waals surface area contributed by atoms with Crippen molar-refractivity contribution in [1.29, 1.82) is 0 Å². The van der Waals surface area contributed by atoms with E-state index < -0.39 is 11.9 Å². The second-order valence-corrected chi connectivity index (χ2v) is 8.04. The van der Waals surface area contributed by atoms with Gasteiger partial charge in [0.25, 0.3) is 0 Å². The fraction of sp³-hybridized carbons (Fsp3) is 0.222. The molecule has 27 heavy (non-hydrogen) atoms. The number of nitrogens with zero attached hydrogens (tertiary/aromatic N) is 1. The van der Waals surface area contributed by atoms with Crippen LogP contribution < -0.4 is 5.32 Å². The molecule has 0 saturated carbocycles. The molecule has 0 bridgehead atoms. The van der Waals surface area contributed by atoms with E-state index in [4.69, 9.17) is 0 Å². The van der Waals surface area contributed by atoms with E-state index in [1.54, 1.807) is 46.9 Å². The summed E-state index contributed by atoms with van der Waals surface area (Å²) in [4.78, 5) is 16.3. The molecule has 0 unspecified atom stereocenters. The minimum atomic E-state index is -4.15. The average Bonchev–Trinajstić information content (AvgIpc) is 3.32. The average molecular weight is 431 g/mol. The number of rotatable bonds is 6. The number of anilines is 1. The third-order valence-electron chi connectivity index (χ3n) is 3.14. The number of halogens is 3. The molecule has 2 heterocycles. The molecule has 0 saturated heterocycles. The van der Waals surface area contributed by atoms with Crippen LogP contribution in [0.1, 0.15) is 5.56 Å². The predicted molar refractivity (Wildman–Crippen MR) is 108 cm³/mol. The molecule has 144 valence electrons. The minimum Gasteiger partial charge on any atom is -0.365 e. The second-order valence-electron chi connectivity index (χ2n) is 5.18. The van der Waals surface area contributed by atoms with Gasteiger partial charge in [0, 0.05) is 23.7 Å². The highest BCUT2D eigenvalue weighted by atomic mass is 32.2. The Morgan fingerprint density at radius 3 is 2.44 bits per heavy atom. The monoisotopic (exact) mass is 430 g/mol. The smallest absolute Gasteiger partial charge is 0.365 e. The molecule has 3 rings (SSSR count). The van der Waals surface area contributed by atoms with Crippen LogP contribution in [0.25, 0.3) is 10.6 Å². The number of aldehydes is 1. The molecule has 0 aliphatic carbocycles. The second kappa shape index (κ2) is 10.5. The number of benzene rings is 1. The minimum absolute atomic E-state index is 0.296. The standard InChI is InChI=1S/C10H9F3OS.C8H8N2S2/c11-10(12,13)7-15-9-3-1-8(2-4-9)5-6-14;1-9-8-10-6(5-12-8)7-3-2-4-11-7/h1-4,6H,5,7H2;2-5H,1H3,(H,9,10). The van der Waals surface area contributed by atoms with Gasteiger partial charge < -0.3 is 10.1 Å². The van der Waals surface area contributed by atoms with Crippen LogP contribution in [0.5, 0.6) is 0 Å². The number of thiophene rings is 1. The van der Waals surface area contributed by atoms with Crippen molar-refractivity contribution in [2.45, 2.75) is 17.5 Å². The number of carbonyl (C=O) groups excluding carboxylic acids is 1. The molecule has 0 atom stereocenters. The van der Waals surface area contributed by atoms with Crippen molar-refractivity contribution in [1.82, 2.24) is 4.98 Å². The molecule has 2 aromatic heterocycles. The molecule has 3 nitrogen and oxygen atoms in total. The number of hydrogen-bond acceptors (Lipinski definition) is 6. The molecule has 1 N–H and O–H groups in total. The lowest BCUT2D eigenvalue weighted by atomic mass is 10.2. The van der Waals surface area contributed by atoms with Crippen LogP contribution in [0.3, 0.4) is 0 Å². The van der Waals surface area contributed by atoms with E-state index in [1.165, 1.54) is 4.88 Å². The van der Waals surface area contributed by atoms with Gasteiger partial charge in [0.1, 0.15) is 6.29 Å². The van der Waals surface area contributed by atoms with Crippen LogP contribution in [0, 0.1) is 0 Å². The van der Waals surface area contributed by atoms with Gasteiger partial charge in [-0.15, -0.1) is 34.4 Å². The van der Waals surface area contributed by atoms with E-state index in [0.717, 1.165) is 34.4 Å². The number of aromatic nitrogens is 1. The lowest BCUT2D eigenvalue weighted by Crippen LogP contribution is -2.10. The first-order chi connectivity index (χ1) is 12.9. The summed E-state index contributed by atoms with van der Waals surface area (Å²) in [7, 11) is 1.89. The Balaban J connectivity index is 0.000000198. The molecular formula is C18H17F3N2OS3.